The molecule has 0 bridgehead atoms. The predicted octanol–water partition coefficient (Wildman–Crippen LogP) is 3.17. The molecule has 1 aromatic rings. The van der Waals surface area contributed by atoms with Gasteiger partial charge < -0.3 is 0 Å². The molecule has 0 spiro atoms. The summed E-state index contributed by atoms with van der Waals surface area (Å²) < 4.78 is 1.93. The van der Waals surface area contributed by atoms with Crippen LogP contribution in [0.5, 0.6) is 0 Å². The summed E-state index contributed by atoms with van der Waals surface area (Å²) in [5.74, 6) is 0. The lowest BCUT2D eigenvalue weighted by Crippen LogP contribution is -2.31. The van der Waals surface area contributed by atoms with Gasteiger partial charge in [-0.15, -0.1) is 0 Å². The maximum Gasteiger partial charge on any atom is 0.124 e. The highest BCUT2D eigenvalue weighted by atomic mass is 15.3. The van der Waals surface area contributed by atoms with Crippen LogP contribution in [0.25, 0.3) is 0 Å². The van der Waals surface area contributed by atoms with Crippen molar-refractivity contribution in [2.45, 2.75) is 70.5 Å². The van der Waals surface area contributed by atoms with E-state index < -0.39 is 0 Å². The van der Waals surface area contributed by atoms with E-state index in [9.17, 15) is 5.26 Å². The first-order valence-corrected chi connectivity index (χ1v) is 7.51. The molecule has 0 saturated heterocycles. The maximum atomic E-state index is 9.37. The number of hydrogen-bond acceptors (Lipinski definition) is 3. The van der Waals surface area contributed by atoms with Gasteiger partial charge in [-0.05, 0) is 19.3 Å². The van der Waals surface area contributed by atoms with Gasteiger partial charge in [0.25, 0.3) is 0 Å². The zero-order valence-electron chi connectivity index (χ0n) is 11.8. The second-order valence-corrected chi connectivity index (χ2v) is 5.45. The third kappa shape index (κ3) is 4.07. The van der Waals surface area contributed by atoms with Crippen LogP contribution in [0.4, 0.5) is 0 Å². The van der Waals surface area contributed by atoms with Crippen LogP contribution in [0.15, 0.2) is 12.4 Å². The normalized spacial score (nSPS) is 18.7. The molecular weight excluding hydrogens is 236 g/mol. The number of nitrogens with zero attached hydrogens (tertiary/aromatic N) is 3. The SMILES string of the molecule is CCCn1cc(C(C#N)NC2CCCCCC2)cn1. The van der Waals surface area contributed by atoms with E-state index in [2.05, 4.69) is 23.4 Å². The van der Waals surface area contributed by atoms with Crippen molar-refractivity contribution in [2.75, 3.05) is 0 Å². The molecule has 1 aliphatic carbocycles. The average molecular weight is 260 g/mol. The number of aromatic nitrogens is 2. The minimum absolute atomic E-state index is 0.214. The lowest BCUT2D eigenvalue weighted by molar-refractivity contribution is 0.436. The Morgan fingerprint density at radius 1 is 1.42 bits per heavy atom. The Hall–Kier alpha value is -1.34. The highest BCUT2D eigenvalue weighted by Crippen LogP contribution is 2.20. The maximum absolute atomic E-state index is 9.37. The van der Waals surface area contributed by atoms with Gasteiger partial charge in [0.2, 0.25) is 0 Å². The van der Waals surface area contributed by atoms with Crippen molar-refractivity contribution in [3.63, 3.8) is 0 Å². The van der Waals surface area contributed by atoms with Gasteiger partial charge in [0.15, 0.2) is 0 Å². The van der Waals surface area contributed by atoms with Crippen LogP contribution in [0.3, 0.4) is 0 Å². The monoisotopic (exact) mass is 260 g/mol. The van der Waals surface area contributed by atoms with Crippen LogP contribution in [-0.4, -0.2) is 15.8 Å². The Kier molecular flexibility index (Phi) is 5.41. The first-order valence-electron chi connectivity index (χ1n) is 7.51. The minimum Gasteiger partial charge on any atom is -0.295 e. The molecule has 0 amide bonds. The van der Waals surface area contributed by atoms with Crippen molar-refractivity contribution in [1.82, 2.24) is 15.1 Å². The third-order valence-corrected chi connectivity index (χ3v) is 3.83. The molecule has 0 aliphatic heterocycles. The molecule has 19 heavy (non-hydrogen) atoms. The highest BCUT2D eigenvalue weighted by molar-refractivity contribution is 5.18. The molecular formula is C15H24N4. The summed E-state index contributed by atoms with van der Waals surface area (Å²) in [5.41, 5.74) is 1.00. The van der Waals surface area contributed by atoms with Crippen molar-refractivity contribution >= 4 is 0 Å². The van der Waals surface area contributed by atoms with E-state index in [1.807, 2.05) is 17.1 Å². The molecule has 1 fully saturated rings. The average Bonchev–Trinajstić information content (AvgIpc) is 2.73. The van der Waals surface area contributed by atoms with E-state index in [4.69, 9.17) is 0 Å². The van der Waals surface area contributed by atoms with Crippen LogP contribution < -0.4 is 5.32 Å². The fourth-order valence-electron chi connectivity index (χ4n) is 2.77. The quantitative estimate of drug-likeness (QED) is 0.827. The van der Waals surface area contributed by atoms with E-state index >= 15 is 0 Å². The number of nitrogens with one attached hydrogen (secondary N) is 1. The van der Waals surface area contributed by atoms with E-state index in [0.29, 0.717) is 6.04 Å². The van der Waals surface area contributed by atoms with Crippen molar-refractivity contribution in [2.24, 2.45) is 0 Å². The number of hydrogen-bond donors (Lipinski definition) is 1. The Bertz CT molecular complexity index is 410. The minimum atomic E-state index is -0.214. The Labute approximate surface area is 115 Å². The summed E-state index contributed by atoms with van der Waals surface area (Å²) >= 11 is 0. The van der Waals surface area contributed by atoms with Crippen LogP contribution in [0, 0.1) is 11.3 Å². The molecule has 4 heteroatoms. The van der Waals surface area contributed by atoms with Crippen LogP contribution in [0.1, 0.15) is 63.5 Å². The Morgan fingerprint density at radius 3 is 2.79 bits per heavy atom. The van der Waals surface area contributed by atoms with Crippen molar-refractivity contribution in [1.29, 1.82) is 5.26 Å². The van der Waals surface area contributed by atoms with E-state index in [-0.39, 0.29) is 6.04 Å². The summed E-state index contributed by atoms with van der Waals surface area (Å²) in [4.78, 5) is 0. The topological polar surface area (TPSA) is 53.6 Å². The molecule has 1 heterocycles. The van der Waals surface area contributed by atoms with Crippen molar-refractivity contribution in [3.05, 3.63) is 18.0 Å². The molecule has 1 N–H and O–H groups in total. The van der Waals surface area contributed by atoms with E-state index in [0.717, 1.165) is 18.5 Å². The zero-order valence-corrected chi connectivity index (χ0v) is 11.8. The number of rotatable bonds is 5. The fraction of sp³-hybridized carbons (Fsp3) is 0.733. The second kappa shape index (κ2) is 7.30. The van der Waals surface area contributed by atoms with Gasteiger partial charge in [0, 0.05) is 24.3 Å². The Balaban J connectivity index is 1.96. The molecule has 1 aromatic heterocycles. The standard InChI is InChI=1S/C15H24N4/c1-2-9-19-12-13(11-17-19)15(10-16)18-14-7-5-3-4-6-8-14/h11-12,14-15,18H,2-9H2,1H3. The third-order valence-electron chi connectivity index (χ3n) is 3.83. The van der Waals surface area contributed by atoms with Gasteiger partial charge in [-0.1, -0.05) is 32.6 Å². The summed E-state index contributed by atoms with van der Waals surface area (Å²) in [5, 5.41) is 17.2. The molecule has 0 radical (unpaired) electrons. The Morgan fingerprint density at radius 2 is 2.16 bits per heavy atom. The molecule has 1 atom stereocenters. The molecule has 1 unspecified atom stereocenters. The second-order valence-electron chi connectivity index (χ2n) is 5.45. The highest BCUT2D eigenvalue weighted by Gasteiger charge is 2.19. The summed E-state index contributed by atoms with van der Waals surface area (Å²) in [7, 11) is 0. The van der Waals surface area contributed by atoms with Crippen LogP contribution in [0.2, 0.25) is 0 Å². The molecule has 1 saturated carbocycles. The lowest BCUT2D eigenvalue weighted by atomic mass is 10.1. The van der Waals surface area contributed by atoms with E-state index in [1.54, 1.807) is 0 Å². The number of aryl methyl sites for hydroxylation is 1. The number of nitriles is 1. The van der Waals surface area contributed by atoms with Gasteiger partial charge >= 0.3 is 0 Å². The van der Waals surface area contributed by atoms with Crippen LogP contribution >= 0.6 is 0 Å². The van der Waals surface area contributed by atoms with Gasteiger partial charge in [-0.25, -0.2) is 0 Å². The zero-order chi connectivity index (χ0) is 13.5. The molecule has 2 rings (SSSR count). The summed E-state index contributed by atoms with van der Waals surface area (Å²) in [6.45, 7) is 3.05. The molecule has 4 nitrogen and oxygen atoms in total. The molecule has 0 aromatic carbocycles. The summed E-state index contributed by atoms with van der Waals surface area (Å²) in [6.07, 6.45) is 12.5. The lowest BCUT2D eigenvalue weighted by Gasteiger charge is -2.19. The first-order chi connectivity index (χ1) is 9.33. The predicted molar refractivity (Wildman–Crippen MR) is 75.5 cm³/mol. The van der Waals surface area contributed by atoms with Gasteiger partial charge in [-0.3, -0.25) is 10.00 Å². The first kappa shape index (κ1) is 14.1. The van der Waals surface area contributed by atoms with Gasteiger partial charge in [0.05, 0.1) is 12.3 Å². The van der Waals surface area contributed by atoms with Crippen molar-refractivity contribution in [3.8, 4) is 6.07 Å². The van der Waals surface area contributed by atoms with Gasteiger partial charge in [-0.2, -0.15) is 10.4 Å². The molecule has 1 aliphatic rings. The summed E-state index contributed by atoms with van der Waals surface area (Å²) in [6, 6.07) is 2.65. The van der Waals surface area contributed by atoms with E-state index in [1.165, 1.54) is 38.5 Å². The molecule has 104 valence electrons. The smallest absolute Gasteiger partial charge is 0.124 e. The van der Waals surface area contributed by atoms with Gasteiger partial charge in [0.1, 0.15) is 6.04 Å². The fourth-order valence-corrected chi connectivity index (χ4v) is 2.77. The van der Waals surface area contributed by atoms with Crippen LogP contribution in [-0.2, 0) is 6.54 Å². The van der Waals surface area contributed by atoms with Crippen molar-refractivity contribution < 1.29 is 0 Å². The largest absolute Gasteiger partial charge is 0.295 e.